The zero-order valence-corrected chi connectivity index (χ0v) is 20.8. The maximum Gasteiger partial charge on any atom is 0.331 e. The van der Waals surface area contributed by atoms with Crippen LogP contribution in [0, 0.1) is 23.7 Å². The van der Waals surface area contributed by atoms with Crippen molar-refractivity contribution in [1.82, 2.24) is 5.32 Å². The number of rotatable bonds is 4. The van der Waals surface area contributed by atoms with Gasteiger partial charge in [0.2, 0.25) is 5.60 Å². The molecule has 0 saturated carbocycles. The first-order valence-electron chi connectivity index (χ1n) is 12.9. The van der Waals surface area contributed by atoms with Crippen molar-refractivity contribution in [3.05, 3.63) is 71.8 Å². The summed E-state index contributed by atoms with van der Waals surface area (Å²) in [6.45, 7) is 1.84. The van der Waals surface area contributed by atoms with Gasteiger partial charge in [0.1, 0.15) is 0 Å². The van der Waals surface area contributed by atoms with Gasteiger partial charge in [-0.05, 0) is 54.7 Å². The van der Waals surface area contributed by atoms with E-state index in [0.717, 1.165) is 17.6 Å². The highest BCUT2D eigenvalue weighted by molar-refractivity contribution is 5.94. The van der Waals surface area contributed by atoms with Crippen molar-refractivity contribution in [3.8, 4) is 0 Å². The average molecular weight is 496 g/mol. The lowest BCUT2D eigenvalue weighted by atomic mass is 9.63. The molecular weight excluding hydrogens is 458 g/mol. The number of carbonyl (C=O) groups is 2. The molecule has 1 aliphatic carbocycles. The summed E-state index contributed by atoms with van der Waals surface area (Å²) in [4.78, 5) is 26.8. The van der Waals surface area contributed by atoms with Crippen molar-refractivity contribution in [2.45, 2.75) is 56.8 Å². The minimum absolute atomic E-state index is 0.0259. The van der Waals surface area contributed by atoms with E-state index in [4.69, 9.17) is 4.74 Å². The molecule has 0 radical (unpaired) electrons. The lowest BCUT2D eigenvalue weighted by Gasteiger charge is -2.44. The minimum atomic E-state index is -1.49. The average Bonchev–Trinajstić information content (AvgIpc) is 3.14. The number of nitrogens with one attached hydrogen (secondary N) is 1. The Kier molecular flexibility index (Phi) is 8.44. The summed E-state index contributed by atoms with van der Waals surface area (Å²) in [5, 5.41) is 33.4. The monoisotopic (exact) mass is 495 g/mol. The summed E-state index contributed by atoms with van der Waals surface area (Å²) in [6.07, 6.45) is 10.6. The zero-order chi connectivity index (χ0) is 25.7. The molecule has 0 unspecified atom stereocenters. The van der Waals surface area contributed by atoms with Gasteiger partial charge in [-0.3, -0.25) is 4.79 Å². The molecule has 2 heterocycles. The maximum atomic E-state index is 13.7. The molecular formula is C29H37NO6. The molecule has 1 aromatic rings. The van der Waals surface area contributed by atoms with E-state index in [9.17, 15) is 24.9 Å². The van der Waals surface area contributed by atoms with Gasteiger partial charge in [-0.1, -0.05) is 61.9 Å². The van der Waals surface area contributed by atoms with Gasteiger partial charge in [0.15, 0.2) is 0 Å². The fourth-order valence-electron chi connectivity index (χ4n) is 6.08. The highest BCUT2D eigenvalue weighted by Gasteiger charge is 2.64. The second-order valence-corrected chi connectivity index (χ2v) is 10.3. The Labute approximate surface area is 212 Å². The summed E-state index contributed by atoms with van der Waals surface area (Å²) < 4.78 is 6.08. The Morgan fingerprint density at radius 2 is 1.89 bits per heavy atom. The number of aliphatic hydroxyl groups excluding tert-OH is 3. The molecule has 7 nitrogen and oxygen atoms in total. The molecule has 3 aliphatic rings. The SMILES string of the molecule is C[C@@H]1C(CO)=C[C@@H]2/C=C/C[C@H](CO)CCC[C@@H](O)/C=C/C(=O)O[C@]23C(=O)N[C@@H](Cc2ccccc2)[C@H]13. The van der Waals surface area contributed by atoms with Crippen LogP contribution in [0.25, 0.3) is 0 Å². The van der Waals surface area contributed by atoms with E-state index in [2.05, 4.69) is 5.32 Å². The van der Waals surface area contributed by atoms with Crippen molar-refractivity contribution in [1.29, 1.82) is 0 Å². The third-order valence-electron chi connectivity index (χ3n) is 8.00. The predicted octanol–water partition coefficient (Wildman–Crippen LogP) is 2.47. The van der Waals surface area contributed by atoms with Crippen molar-refractivity contribution >= 4 is 11.9 Å². The molecule has 194 valence electrons. The standard InChI is InChI=1S/C29H37NO6/c1-19-22(18-32)16-23-11-5-9-21(17-31)10-6-12-24(33)13-14-26(34)36-29(23)27(19)25(30-28(29)35)15-20-7-3-2-4-8-20/h2-5,7-8,11,13-14,16,19,21,23-25,27,31-33H,6,9-10,12,15,17-18H2,1H3,(H,30,35)/b11-5+,14-13+/t19-,21+,23+,24-,25+,27+,29-/m1/s1. The Bertz CT molecular complexity index is 1020. The summed E-state index contributed by atoms with van der Waals surface area (Å²) >= 11 is 0. The normalized spacial score (nSPS) is 36.9. The molecule has 4 N–H and O–H groups in total. The van der Waals surface area contributed by atoms with E-state index >= 15 is 0 Å². The molecule has 1 saturated heterocycles. The van der Waals surface area contributed by atoms with E-state index < -0.39 is 29.5 Å². The first kappa shape index (κ1) is 26.3. The van der Waals surface area contributed by atoms with Gasteiger partial charge < -0.3 is 25.4 Å². The van der Waals surface area contributed by atoms with Crippen LogP contribution < -0.4 is 5.32 Å². The molecule has 7 heteroatoms. The molecule has 1 amide bonds. The Morgan fingerprint density at radius 1 is 1.11 bits per heavy atom. The largest absolute Gasteiger partial charge is 0.444 e. The van der Waals surface area contributed by atoms with Crippen LogP contribution in [0.15, 0.2) is 66.3 Å². The van der Waals surface area contributed by atoms with Crippen LogP contribution in [0.3, 0.4) is 0 Å². The molecule has 0 bridgehead atoms. The van der Waals surface area contributed by atoms with E-state index in [1.54, 1.807) is 0 Å². The maximum absolute atomic E-state index is 13.7. The number of esters is 1. The van der Waals surface area contributed by atoms with Gasteiger partial charge in [-0.2, -0.15) is 0 Å². The molecule has 0 aromatic heterocycles. The van der Waals surface area contributed by atoms with Crippen LogP contribution in [-0.2, 0) is 20.7 Å². The Hall–Kier alpha value is -2.74. The number of hydrogen-bond donors (Lipinski definition) is 4. The summed E-state index contributed by atoms with van der Waals surface area (Å²) in [5.74, 6) is -2.19. The number of amides is 1. The van der Waals surface area contributed by atoms with Gasteiger partial charge in [0, 0.05) is 30.6 Å². The quantitative estimate of drug-likeness (QED) is 0.377. The Morgan fingerprint density at radius 3 is 2.61 bits per heavy atom. The number of allylic oxidation sites excluding steroid dienone is 1. The van der Waals surface area contributed by atoms with Gasteiger partial charge >= 0.3 is 5.97 Å². The molecule has 2 aliphatic heterocycles. The van der Waals surface area contributed by atoms with Crippen LogP contribution >= 0.6 is 0 Å². The fourth-order valence-corrected chi connectivity index (χ4v) is 6.08. The Balaban J connectivity index is 1.78. The summed E-state index contributed by atoms with van der Waals surface area (Å²) in [7, 11) is 0. The zero-order valence-electron chi connectivity index (χ0n) is 20.8. The number of ether oxygens (including phenoxy) is 1. The lowest BCUT2D eigenvalue weighted by Crippen LogP contribution is -2.56. The van der Waals surface area contributed by atoms with Crippen LogP contribution in [0.1, 0.15) is 38.2 Å². The number of benzene rings is 1. The van der Waals surface area contributed by atoms with Crippen LogP contribution in [0.2, 0.25) is 0 Å². The number of aliphatic hydroxyl groups is 3. The summed E-state index contributed by atoms with van der Waals surface area (Å²) in [6, 6.07) is 9.55. The van der Waals surface area contributed by atoms with Gasteiger partial charge in [-0.25, -0.2) is 4.79 Å². The van der Waals surface area contributed by atoms with E-state index in [1.807, 2.05) is 55.5 Å². The van der Waals surface area contributed by atoms with Gasteiger partial charge in [-0.15, -0.1) is 0 Å². The predicted molar refractivity (Wildman–Crippen MR) is 136 cm³/mol. The second-order valence-electron chi connectivity index (χ2n) is 10.3. The van der Waals surface area contributed by atoms with E-state index in [-0.39, 0.29) is 37.0 Å². The van der Waals surface area contributed by atoms with Gasteiger partial charge in [0.25, 0.3) is 5.91 Å². The molecule has 1 aromatic carbocycles. The van der Waals surface area contributed by atoms with Crippen LogP contribution in [-0.4, -0.2) is 58.2 Å². The highest BCUT2D eigenvalue weighted by Crippen LogP contribution is 2.50. The second kappa shape index (κ2) is 11.5. The third-order valence-corrected chi connectivity index (χ3v) is 8.00. The molecule has 1 fully saturated rings. The van der Waals surface area contributed by atoms with E-state index in [1.165, 1.54) is 12.2 Å². The molecule has 7 atom stereocenters. The lowest BCUT2D eigenvalue weighted by molar-refractivity contribution is -0.172. The fraction of sp³-hybridized carbons (Fsp3) is 0.517. The van der Waals surface area contributed by atoms with Crippen molar-refractivity contribution in [2.24, 2.45) is 23.7 Å². The highest BCUT2D eigenvalue weighted by atomic mass is 16.6. The minimum Gasteiger partial charge on any atom is -0.444 e. The number of carbonyl (C=O) groups excluding carboxylic acids is 2. The molecule has 36 heavy (non-hydrogen) atoms. The smallest absolute Gasteiger partial charge is 0.331 e. The van der Waals surface area contributed by atoms with Crippen molar-refractivity contribution in [3.63, 3.8) is 0 Å². The topological polar surface area (TPSA) is 116 Å². The molecule has 1 spiro atoms. The summed E-state index contributed by atoms with van der Waals surface area (Å²) in [5.41, 5.74) is 0.376. The van der Waals surface area contributed by atoms with Crippen LogP contribution in [0.5, 0.6) is 0 Å². The molecule has 4 rings (SSSR count). The van der Waals surface area contributed by atoms with Crippen LogP contribution in [0.4, 0.5) is 0 Å². The first-order chi connectivity index (χ1) is 17.4. The van der Waals surface area contributed by atoms with Crippen molar-refractivity contribution in [2.75, 3.05) is 13.2 Å². The van der Waals surface area contributed by atoms with Gasteiger partial charge in [0.05, 0.1) is 12.7 Å². The van der Waals surface area contributed by atoms with E-state index in [0.29, 0.717) is 25.7 Å². The third kappa shape index (κ3) is 5.33. The first-order valence-corrected chi connectivity index (χ1v) is 12.9. The number of hydrogen-bond acceptors (Lipinski definition) is 6. The van der Waals surface area contributed by atoms with Crippen molar-refractivity contribution < 1.29 is 29.6 Å².